The molecule has 0 unspecified atom stereocenters. The van der Waals surface area contributed by atoms with Gasteiger partial charge < -0.3 is 15.7 Å². The zero-order chi connectivity index (χ0) is 19.1. The highest BCUT2D eigenvalue weighted by Gasteiger charge is 2.05. The molecule has 6 nitrogen and oxygen atoms in total. The number of hydrogen-bond donors (Lipinski definition) is 3. The van der Waals surface area contributed by atoms with E-state index in [2.05, 4.69) is 32.7 Å². The van der Waals surface area contributed by atoms with Gasteiger partial charge in [-0.1, -0.05) is 30.3 Å². The van der Waals surface area contributed by atoms with Gasteiger partial charge in [-0.15, -0.1) is 0 Å². The third-order valence-electron chi connectivity index (χ3n) is 4.03. The zero-order valence-electron chi connectivity index (χ0n) is 15.1. The van der Waals surface area contributed by atoms with Crippen LogP contribution >= 0.6 is 0 Å². The Kier molecular flexibility index (Phi) is 5.99. The van der Waals surface area contributed by atoms with E-state index < -0.39 is 5.97 Å². The molecule has 1 aromatic heterocycles. The Bertz CT molecular complexity index is 896. The molecule has 0 saturated carbocycles. The number of carboxylic acid groups (broad SMARTS) is 1. The molecule has 0 radical (unpaired) electrons. The smallest absolute Gasteiger partial charge is 0.335 e. The molecule has 0 aliphatic rings. The van der Waals surface area contributed by atoms with E-state index in [0.717, 1.165) is 30.8 Å². The summed E-state index contributed by atoms with van der Waals surface area (Å²) in [6.07, 6.45) is 1.99. The number of nitrogens with one attached hydrogen (secondary N) is 2. The van der Waals surface area contributed by atoms with Crippen molar-refractivity contribution in [3.8, 4) is 0 Å². The molecule has 2 aromatic carbocycles. The predicted molar refractivity (Wildman–Crippen MR) is 107 cm³/mol. The number of aromatic nitrogens is 2. The molecule has 0 amide bonds. The lowest BCUT2D eigenvalue weighted by atomic mass is 10.1. The van der Waals surface area contributed by atoms with Crippen LogP contribution in [0.25, 0.3) is 0 Å². The van der Waals surface area contributed by atoms with E-state index in [1.165, 1.54) is 5.56 Å². The third kappa shape index (κ3) is 5.54. The number of hydrogen-bond acceptors (Lipinski definition) is 5. The number of carboxylic acids is 1. The van der Waals surface area contributed by atoms with Crippen LogP contribution in [0.3, 0.4) is 0 Å². The fourth-order valence-corrected chi connectivity index (χ4v) is 2.69. The lowest BCUT2D eigenvalue weighted by Crippen LogP contribution is -2.08. The topological polar surface area (TPSA) is 87.1 Å². The summed E-state index contributed by atoms with van der Waals surface area (Å²) in [4.78, 5) is 19.8. The molecule has 3 N–H and O–H groups in total. The van der Waals surface area contributed by atoms with Gasteiger partial charge in [-0.25, -0.2) is 9.78 Å². The molecule has 3 aromatic rings. The van der Waals surface area contributed by atoms with Gasteiger partial charge in [0.2, 0.25) is 5.95 Å². The fraction of sp³-hybridized carbons (Fsp3) is 0.190. The third-order valence-corrected chi connectivity index (χ3v) is 4.03. The second kappa shape index (κ2) is 8.80. The number of nitrogens with zero attached hydrogens (tertiary/aromatic N) is 2. The summed E-state index contributed by atoms with van der Waals surface area (Å²) in [5, 5.41) is 15.4. The molecule has 138 valence electrons. The van der Waals surface area contributed by atoms with E-state index in [9.17, 15) is 4.79 Å². The Morgan fingerprint density at radius 2 is 1.78 bits per heavy atom. The SMILES string of the molecule is Cc1cc(Nc2ccc(C(=O)O)cc2)nc(NCCCc2ccccc2)n1. The monoisotopic (exact) mass is 362 g/mol. The average molecular weight is 362 g/mol. The van der Waals surface area contributed by atoms with Crippen molar-refractivity contribution in [1.82, 2.24) is 9.97 Å². The zero-order valence-corrected chi connectivity index (χ0v) is 15.1. The Morgan fingerprint density at radius 1 is 1.04 bits per heavy atom. The maximum Gasteiger partial charge on any atom is 0.335 e. The van der Waals surface area contributed by atoms with Gasteiger partial charge in [0.15, 0.2) is 0 Å². The highest BCUT2D eigenvalue weighted by molar-refractivity contribution is 5.88. The molecule has 0 bridgehead atoms. The van der Waals surface area contributed by atoms with Gasteiger partial charge in [-0.3, -0.25) is 0 Å². The molecule has 3 rings (SSSR count). The molecular formula is C21H22N4O2. The Hall–Kier alpha value is -3.41. The van der Waals surface area contributed by atoms with Crippen LogP contribution in [0, 0.1) is 6.92 Å². The maximum absolute atomic E-state index is 10.9. The summed E-state index contributed by atoms with van der Waals surface area (Å²) in [5.74, 6) is 0.297. The molecule has 0 atom stereocenters. The fourth-order valence-electron chi connectivity index (χ4n) is 2.69. The van der Waals surface area contributed by atoms with Crippen LogP contribution in [0.2, 0.25) is 0 Å². The van der Waals surface area contributed by atoms with Gasteiger partial charge in [0.25, 0.3) is 0 Å². The number of carbonyl (C=O) groups is 1. The first kappa shape index (κ1) is 18.4. The van der Waals surface area contributed by atoms with E-state index in [0.29, 0.717) is 11.8 Å². The van der Waals surface area contributed by atoms with Gasteiger partial charge in [0.1, 0.15) is 5.82 Å². The summed E-state index contributed by atoms with van der Waals surface area (Å²) in [5.41, 5.74) is 3.19. The first-order valence-electron chi connectivity index (χ1n) is 8.84. The van der Waals surface area contributed by atoms with Crippen LogP contribution < -0.4 is 10.6 Å². The van der Waals surface area contributed by atoms with Gasteiger partial charge >= 0.3 is 5.97 Å². The summed E-state index contributed by atoms with van der Waals surface area (Å²) in [6, 6.07) is 18.8. The highest BCUT2D eigenvalue weighted by atomic mass is 16.4. The van der Waals surface area contributed by atoms with Crippen LogP contribution in [-0.4, -0.2) is 27.6 Å². The number of aryl methyl sites for hydroxylation is 2. The molecule has 0 saturated heterocycles. The standard InChI is InChI=1S/C21H22N4O2/c1-15-14-19(24-18-11-9-17(10-12-18)20(26)27)25-21(23-15)22-13-5-8-16-6-3-2-4-7-16/h2-4,6-7,9-12,14H,5,8,13H2,1H3,(H,26,27)(H2,22,23,24,25). The van der Waals surface area contributed by atoms with E-state index in [4.69, 9.17) is 5.11 Å². The largest absolute Gasteiger partial charge is 0.478 e. The Balaban J connectivity index is 1.57. The van der Waals surface area contributed by atoms with E-state index in [1.807, 2.05) is 31.2 Å². The second-order valence-electron chi connectivity index (χ2n) is 6.24. The predicted octanol–water partition coefficient (Wildman–Crippen LogP) is 4.27. The van der Waals surface area contributed by atoms with Crippen LogP contribution in [0.1, 0.15) is 28.0 Å². The van der Waals surface area contributed by atoms with Crippen molar-refractivity contribution in [3.05, 3.63) is 77.5 Å². The van der Waals surface area contributed by atoms with Crippen molar-refractivity contribution < 1.29 is 9.90 Å². The number of rotatable bonds is 8. The first-order valence-corrected chi connectivity index (χ1v) is 8.84. The Labute approximate surface area is 158 Å². The molecule has 0 fully saturated rings. The van der Waals surface area contributed by atoms with Crippen LogP contribution in [0.5, 0.6) is 0 Å². The van der Waals surface area contributed by atoms with E-state index in [-0.39, 0.29) is 5.56 Å². The minimum atomic E-state index is -0.943. The molecule has 0 aliphatic carbocycles. The van der Waals surface area contributed by atoms with Gasteiger partial charge in [0, 0.05) is 24.0 Å². The van der Waals surface area contributed by atoms with Crippen molar-refractivity contribution in [2.45, 2.75) is 19.8 Å². The number of anilines is 3. The quantitative estimate of drug-likeness (QED) is 0.519. The van der Waals surface area contributed by atoms with Crippen molar-refractivity contribution in [3.63, 3.8) is 0 Å². The molecule has 0 spiro atoms. The lowest BCUT2D eigenvalue weighted by molar-refractivity contribution is 0.0697. The van der Waals surface area contributed by atoms with Crippen LogP contribution in [-0.2, 0) is 6.42 Å². The molecule has 0 aliphatic heterocycles. The van der Waals surface area contributed by atoms with Crippen molar-refractivity contribution in [2.24, 2.45) is 0 Å². The van der Waals surface area contributed by atoms with Crippen LogP contribution in [0.4, 0.5) is 17.5 Å². The van der Waals surface area contributed by atoms with Gasteiger partial charge in [0.05, 0.1) is 5.56 Å². The minimum Gasteiger partial charge on any atom is -0.478 e. The second-order valence-corrected chi connectivity index (χ2v) is 6.24. The molecular weight excluding hydrogens is 340 g/mol. The van der Waals surface area contributed by atoms with Crippen molar-refractivity contribution in [2.75, 3.05) is 17.2 Å². The van der Waals surface area contributed by atoms with Gasteiger partial charge in [-0.05, 0) is 49.6 Å². The molecule has 27 heavy (non-hydrogen) atoms. The van der Waals surface area contributed by atoms with Crippen molar-refractivity contribution >= 4 is 23.4 Å². The van der Waals surface area contributed by atoms with Crippen LogP contribution in [0.15, 0.2) is 60.7 Å². The number of aromatic carboxylic acids is 1. The number of benzene rings is 2. The van der Waals surface area contributed by atoms with Gasteiger partial charge in [-0.2, -0.15) is 4.98 Å². The normalized spacial score (nSPS) is 10.4. The first-order chi connectivity index (χ1) is 13.1. The summed E-state index contributed by atoms with van der Waals surface area (Å²) < 4.78 is 0. The summed E-state index contributed by atoms with van der Waals surface area (Å²) in [6.45, 7) is 2.70. The van der Waals surface area contributed by atoms with E-state index >= 15 is 0 Å². The lowest BCUT2D eigenvalue weighted by Gasteiger charge is -2.10. The maximum atomic E-state index is 10.9. The molecule has 6 heteroatoms. The average Bonchev–Trinajstić information content (AvgIpc) is 2.66. The Morgan fingerprint density at radius 3 is 2.48 bits per heavy atom. The van der Waals surface area contributed by atoms with Crippen molar-refractivity contribution in [1.29, 1.82) is 0 Å². The molecule has 1 heterocycles. The van der Waals surface area contributed by atoms with E-state index in [1.54, 1.807) is 24.3 Å². The minimum absolute atomic E-state index is 0.250. The summed E-state index contributed by atoms with van der Waals surface area (Å²) in [7, 11) is 0. The summed E-state index contributed by atoms with van der Waals surface area (Å²) >= 11 is 0. The highest BCUT2D eigenvalue weighted by Crippen LogP contribution is 2.17.